The number of rotatable bonds is 5. The Balaban J connectivity index is 1.73. The molecule has 0 bridgehead atoms. The van der Waals surface area contributed by atoms with Gasteiger partial charge in [0.1, 0.15) is 0 Å². The summed E-state index contributed by atoms with van der Waals surface area (Å²) in [5.41, 5.74) is 5.81. The first-order valence-corrected chi connectivity index (χ1v) is 9.41. The number of hydrogen-bond donors (Lipinski definition) is 1. The zero-order valence-corrected chi connectivity index (χ0v) is 16.4. The quantitative estimate of drug-likeness (QED) is 0.586. The fourth-order valence-corrected chi connectivity index (χ4v) is 2.91. The fraction of sp³-hybridized carbons (Fsp3) is 0.250. The number of anilines is 1. The molecule has 3 rings (SSSR count). The summed E-state index contributed by atoms with van der Waals surface area (Å²) in [6.45, 7) is 8.65. The van der Waals surface area contributed by atoms with Crippen molar-refractivity contribution < 1.29 is 4.79 Å². The van der Waals surface area contributed by atoms with Crippen LogP contribution in [0.4, 0.5) is 5.69 Å². The van der Waals surface area contributed by atoms with Crippen molar-refractivity contribution in [3.63, 3.8) is 0 Å². The molecular formula is C24H26N2O. The van der Waals surface area contributed by atoms with Crippen molar-refractivity contribution >= 4 is 11.6 Å². The Morgan fingerprint density at radius 1 is 0.852 bits per heavy atom. The number of nitrogens with one attached hydrogen (secondary N) is 1. The van der Waals surface area contributed by atoms with Crippen LogP contribution < -0.4 is 5.32 Å². The maximum Gasteiger partial charge on any atom is 0.257 e. The van der Waals surface area contributed by atoms with Gasteiger partial charge in [0.05, 0.1) is 11.3 Å². The average molecular weight is 358 g/mol. The highest BCUT2D eigenvalue weighted by atomic mass is 16.1. The normalized spacial score (nSPS) is 11.0. The van der Waals surface area contributed by atoms with Crippen LogP contribution in [0.25, 0.3) is 11.3 Å². The molecular weight excluding hydrogens is 332 g/mol. The second kappa shape index (κ2) is 8.17. The van der Waals surface area contributed by atoms with Crippen LogP contribution in [0, 0.1) is 0 Å². The molecule has 3 heteroatoms. The van der Waals surface area contributed by atoms with Gasteiger partial charge in [0.25, 0.3) is 5.91 Å². The number of carbonyl (C=O) groups is 1. The highest BCUT2D eigenvalue weighted by molar-refractivity contribution is 6.04. The molecule has 27 heavy (non-hydrogen) atoms. The molecule has 0 saturated carbocycles. The average Bonchev–Trinajstić information content (AvgIpc) is 2.68. The van der Waals surface area contributed by atoms with Crippen LogP contribution in [-0.4, -0.2) is 10.9 Å². The SMILES string of the molecule is CC(C)c1ccc(NC(=O)c2ccc(-c3cccc(C(C)C)c3)nc2)cc1. The molecule has 1 aromatic heterocycles. The summed E-state index contributed by atoms with van der Waals surface area (Å²) in [6.07, 6.45) is 1.63. The lowest BCUT2D eigenvalue weighted by atomic mass is 9.99. The van der Waals surface area contributed by atoms with Crippen molar-refractivity contribution in [3.8, 4) is 11.3 Å². The third-order valence-electron chi connectivity index (χ3n) is 4.71. The van der Waals surface area contributed by atoms with Gasteiger partial charge in [-0.25, -0.2) is 0 Å². The van der Waals surface area contributed by atoms with Crippen LogP contribution in [0.15, 0.2) is 66.9 Å². The van der Waals surface area contributed by atoms with E-state index in [2.05, 4.69) is 50.1 Å². The zero-order valence-electron chi connectivity index (χ0n) is 16.4. The van der Waals surface area contributed by atoms with E-state index >= 15 is 0 Å². The minimum atomic E-state index is -0.151. The number of hydrogen-bond acceptors (Lipinski definition) is 2. The van der Waals surface area contributed by atoms with Crippen molar-refractivity contribution in [2.45, 2.75) is 39.5 Å². The molecule has 1 heterocycles. The molecule has 0 spiro atoms. The molecule has 0 fully saturated rings. The van der Waals surface area contributed by atoms with Gasteiger partial charge < -0.3 is 5.32 Å². The first kappa shape index (κ1) is 18.8. The first-order valence-electron chi connectivity index (χ1n) is 9.41. The van der Waals surface area contributed by atoms with Crippen molar-refractivity contribution in [3.05, 3.63) is 83.6 Å². The molecule has 0 saturated heterocycles. The molecule has 1 N–H and O–H groups in total. The third-order valence-corrected chi connectivity index (χ3v) is 4.71. The molecule has 138 valence electrons. The van der Waals surface area contributed by atoms with Crippen LogP contribution in [-0.2, 0) is 0 Å². The van der Waals surface area contributed by atoms with Crippen molar-refractivity contribution in [2.75, 3.05) is 5.32 Å². The Kier molecular flexibility index (Phi) is 5.70. The lowest BCUT2D eigenvalue weighted by Gasteiger charge is -2.10. The predicted octanol–water partition coefficient (Wildman–Crippen LogP) is 6.25. The summed E-state index contributed by atoms with van der Waals surface area (Å²) in [7, 11) is 0. The Hall–Kier alpha value is -2.94. The van der Waals surface area contributed by atoms with E-state index in [1.165, 1.54) is 11.1 Å². The second-order valence-corrected chi connectivity index (χ2v) is 7.44. The van der Waals surface area contributed by atoms with Gasteiger partial charge in [-0.3, -0.25) is 9.78 Å². The number of benzene rings is 2. The number of pyridine rings is 1. The number of aromatic nitrogens is 1. The second-order valence-electron chi connectivity index (χ2n) is 7.44. The molecule has 0 radical (unpaired) electrons. The van der Waals surface area contributed by atoms with Gasteiger partial charge >= 0.3 is 0 Å². The summed E-state index contributed by atoms with van der Waals surface area (Å²) in [6, 6.07) is 20.1. The number of nitrogens with zero attached hydrogens (tertiary/aromatic N) is 1. The fourth-order valence-electron chi connectivity index (χ4n) is 2.91. The van der Waals surface area contributed by atoms with E-state index in [1.54, 1.807) is 6.20 Å². The first-order chi connectivity index (χ1) is 12.9. The van der Waals surface area contributed by atoms with E-state index in [0.717, 1.165) is 16.9 Å². The van der Waals surface area contributed by atoms with Gasteiger partial charge in [-0.05, 0) is 53.3 Å². The van der Waals surface area contributed by atoms with E-state index in [4.69, 9.17) is 0 Å². The third kappa shape index (κ3) is 4.62. The smallest absolute Gasteiger partial charge is 0.257 e. The lowest BCUT2D eigenvalue weighted by molar-refractivity contribution is 0.102. The number of carbonyl (C=O) groups excluding carboxylic acids is 1. The van der Waals surface area contributed by atoms with Gasteiger partial charge in [-0.2, -0.15) is 0 Å². The van der Waals surface area contributed by atoms with Gasteiger partial charge in [-0.15, -0.1) is 0 Å². The summed E-state index contributed by atoms with van der Waals surface area (Å²) in [5.74, 6) is 0.792. The highest BCUT2D eigenvalue weighted by Gasteiger charge is 2.09. The molecule has 0 unspecified atom stereocenters. The topological polar surface area (TPSA) is 42.0 Å². The molecule has 2 aromatic carbocycles. The summed E-state index contributed by atoms with van der Waals surface area (Å²) in [4.78, 5) is 17.0. The van der Waals surface area contributed by atoms with Crippen molar-refractivity contribution in [1.82, 2.24) is 4.98 Å². The van der Waals surface area contributed by atoms with E-state index in [-0.39, 0.29) is 5.91 Å². The van der Waals surface area contributed by atoms with E-state index in [1.807, 2.05) is 48.5 Å². The Labute approximate surface area is 161 Å². The standard InChI is InChI=1S/C24H26N2O/c1-16(2)18-8-11-22(12-9-18)26-24(27)21-10-13-23(25-15-21)20-7-5-6-19(14-20)17(3)4/h5-17H,1-4H3,(H,26,27). The predicted molar refractivity (Wildman–Crippen MR) is 112 cm³/mol. The summed E-state index contributed by atoms with van der Waals surface area (Å²) < 4.78 is 0. The molecule has 0 atom stereocenters. The summed E-state index contributed by atoms with van der Waals surface area (Å²) in [5, 5.41) is 2.93. The largest absolute Gasteiger partial charge is 0.322 e. The molecule has 3 nitrogen and oxygen atoms in total. The van der Waals surface area contributed by atoms with Gasteiger partial charge in [-0.1, -0.05) is 58.0 Å². The highest BCUT2D eigenvalue weighted by Crippen LogP contribution is 2.23. The van der Waals surface area contributed by atoms with Crippen LogP contribution in [0.3, 0.4) is 0 Å². The van der Waals surface area contributed by atoms with Crippen LogP contribution in [0.1, 0.15) is 61.0 Å². The van der Waals surface area contributed by atoms with Crippen molar-refractivity contribution in [2.24, 2.45) is 0 Å². The van der Waals surface area contributed by atoms with Gasteiger partial charge in [0.15, 0.2) is 0 Å². The minimum absolute atomic E-state index is 0.151. The molecule has 3 aromatic rings. The Morgan fingerprint density at radius 2 is 1.56 bits per heavy atom. The molecule has 1 amide bonds. The van der Waals surface area contributed by atoms with E-state index < -0.39 is 0 Å². The van der Waals surface area contributed by atoms with Crippen molar-refractivity contribution in [1.29, 1.82) is 0 Å². The Bertz CT molecular complexity index is 910. The molecule has 0 aliphatic carbocycles. The minimum Gasteiger partial charge on any atom is -0.322 e. The van der Waals surface area contributed by atoms with E-state index in [0.29, 0.717) is 17.4 Å². The lowest BCUT2D eigenvalue weighted by Crippen LogP contribution is -2.12. The van der Waals surface area contributed by atoms with Crippen LogP contribution in [0.2, 0.25) is 0 Å². The maximum atomic E-state index is 12.5. The molecule has 0 aliphatic rings. The van der Waals surface area contributed by atoms with Crippen LogP contribution >= 0.6 is 0 Å². The maximum absolute atomic E-state index is 12.5. The van der Waals surface area contributed by atoms with Gasteiger partial charge in [0, 0.05) is 17.4 Å². The monoisotopic (exact) mass is 358 g/mol. The van der Waals surface area contributed by atoms with E-state index in [9.17, 15) is 4.79 Å². The van der Waals surface area contributed by atoms with Crippen LogP contribution in [0.5, 0.6) is 0 Å². The zero-order chi connectivity index (χ0) is 19.4. The number of amides is 1. The van der Waals surface area contributed by atoms with Gasteiger partial charge in [0.2, 0.25) is 0 Å². The Morgan fingerprint density at radius 3 is 2.15 bits per heavy atom. The molecule has 0 aliphatic heterocycles. The summed E-state index contributed by atoms with van der Waals surface area (Å²) >= 11 is 0.